The number of ether oxygens (including phenoxy) is 1. The first kappa shape index (κ1) is 18.7. The minimum atomic E-state index is -0.288. The van der Waals surface area contributed by atoms with Gasteiger partial charge in [-0.3, -0.25) is 4.79 Å². The van der Waals surface area contributed by atoms with Crippen molar-refractivity contribution in [2.24, 2.45) is 5.41 Å². The van der Waals surface area contributed by atoms with Gasteiger partial charge in [0.25, 0.3) is 0 Å². The zero-order chi connectivity index (χ0) is 13.4. The summed E-state index contributed by atoms with van der Waals surface area (Å²) in [5.74, 6) is 0.293. The van der Waals surface area contributed by atoms with Crippen LogP contribution in [0.5, 0.6) is 0 Å². The van der Waals surface area contributed by atoms with Crippen LogP contribution in [0.3, 0.4) is 0 Å². The van der Waals surface area contributed by atoms with E-state index in [9.17, 15) is 4.79 Å². The standard InChI is InChI=1S/C14H28N2O2.ClH/c1-4-6-11-16(5-2)13(17)14(12-18-3)7-9-15-10-8-14;/h15H,4-12H2,1-3H3;1H. The first-order valence-electron chi connectivity index (χ1n) is 7.19. The van der Waals surface area contributed by atoms with Crippen LogP contribution in [0.1, 0.15) is 39.5 Å². The Morgan fingerprint density at radius 1 is 1.32 bits per heavy atom. The smallest absolute Gasteiger partial charge is 0.231 e. The number of nitrogens with zero attached hydrogens (tertiary/aromatic N) is 1. The molecule has 5 heteroatoms. The number of amides is 1. The predicted octanol–water partition coefficient (Wildman–Crippen LogP) is 2.07. The molecule has 114 valence electrons. The second-order valence-electron chi connectivity index (χ2n) is 5.20. The van der Waals surface area contributed by atoms with Gasteiger partial charge >= 0.3 is 0 Å². The van der Waals surface area contributed by atoms with E-state index in [0.29, 0.717) is 12.5 Å². The lowest BCUT2D eigenvalue weighted by molar-refractivity contribution is -0.147. The Kier molecular flexibility index (Phi) is 9.40. The topological polar surface area (TPSA) is 41.6 Å². The quantitative estimate of drug-likeness (QED) is 0.781. The SMILES string of the molecule is CCCCN(CC)C(=O)C1(COC)CCNCC1.Cl. The van der Waals surface area contributed by atoms with Gasteiger partial charge in [-0.05, 0) is 39.3 Å². The molecule has 1 aliphatic rings. The van der Waals surface area contributed by atoms with Crippen molar-refractivity contribution < 1.29 is 9.53 Å². The number of methoxy groups -OCH3 is 1. The van der Waals surface area contributed by atoms with Crippen LogP contribution >= 0.6 is 12.4 Å². The van der Waals surface area contributed by atoms with Crippen LogP contribution in [0.25, 0.3) is 0 Å². The highest BCUT2D eigenvalue weighted by Gasteiger charge is 2.41. The fraction of sp³-hybridized carbons (Fsp3) is 0.929. The van der Waals surface area contributed by atoms with Crippen molar-refractivity contribution in [2.75, 3.05) is 39.9 Å². The Morgan fingerprint density at radius 2 is 1.95 bits per heavy atom. The third-order valence-corrected chi connectivity index (χ3v) is 3.89. The number of hydrogen-bond acceptors (Lipinski definition) is 3. The van der Waals surface area contributed by atoms with E-state index in [1.165, 1.54) is 0 Å². The average molecular weight is 293 g/mol. The second kappa shape index (κ2) is 9.56. The van der Waals surface area contributed by atoms with Crippen LogP contribution in [0, 0.1) is 5.41 Å². The molecule has 19 heavy (non-hydrogen) atoms. The van der Waals surface area contributed by atoms with Gasteiger partial charge in [-0.15, -0.1) is 12.4 Å². The maximum absolute atomic E-state index is 12.8. The number of carbonyl (C=O) groups excluding carboxylic acids is 1. The van der Waals surface area contributed by atoms with E-state index < -0.39 is 0 Å². The molecule has 0 saturated carbocycles. The minimum absolute atomic E-state index is 0. The van der Waals surface area contributed by atoms with Crippen LogP contribution in [0.2, 0.25) is 0 Å². The predicted molar refractivity (Wildman–Crippen MR) is 80.8 cm³/mol. The summed E-state index contributed by atoms with van der Waals surface area (Å²) in [5.41, 5.74) is -0.288. The van der Waals surface area contributed by atoms with Gasteiger partial charge in [-0.25, -0.2) is 0 Å². The van der Waals surface area contributed by atoms with Crippen molar-refractivity contribution in [1.29, 1.82) is 0 Å². The number of carbonyl (C=O) groups is 1. The third-order valence-electron chi connectivity index (χ3n) is 3.89. The average Bonchev–Trinajstić information content (AvgIpc) is 2.41. The minimum Gasteiger partial charge on any atom is -0.384 e. The third kappa shape index (κ3) is 4.93. The van der Waals surface area contributed by atoms with E-state index in [1.54, 1.807) is 7.11 Å². The molecular formula is C14H29ClN2O2. The summed E-state index contributed by atoms with van der Waals surface area (Å²) in [6.45, 7) is 8.29. The highest BCUT2D eigenvalue weighted by atomic mass is 35.5. The summed E-state index contributed by atoms with van der Waals surface area (Å²) in [6, 6.07) is 0. The molecule has 0 radical (unpaired) electrons. The summed E-state index contributed by atoms with van der Waals surface area (Å²) < 4.78 is 5.33. The van der Waals surface area contributed by atoms with Crippen LogP contribution < -0.4 is 5.32 Å². The van der Waals surface area contributed by atoms with Crippen LogP contribution in [0.15, 0.2) is 0 Å². The number of piperidine rings is 1. The Bertz CT molecular complexity index is 250. The number of rotatable bonds is 7. The lowest BCUT2D eigenvalue weighted by atomic mass is 9.78. The summed E-state index contributed by atoms with van der Waals surface area (Å²) in [5, 5.41) is 3.33. The second-order valence-corrected chi connectivity index (χ2v) is 5.20. The lowest BCUT2D eigenvalue weighted by Gasteiger charge is -2.39. The summed E-state index contributed by atoms with van der Waals surface area (Å²) >= 11 is 0. The zero-order valence-electron chi connectivity index (χ0n) is 12.5. The van der Waals surface area contributed by atoms with Crippen molar-refractivity contribution in [2.45, 2.75) is 39.5 Å². The molecule has 0 atom stereocenters. The maximum Gasteiger partial charge on any atom is 0.231 e. The van der Waals surface area contributed by atoms with Crippen LogP contribution in [0.4, 0.5) is 0 Å². The molecule has 0 aromatic carbocycles. The Balaban J connectivity index is 0.00000324. The molecule has 1 N–H and O–H groups in total. The fourth-order valence-electron chi connectivity index (χ4n) is 2.69. The van der Waals surface area contributed by atoms with Gasteiger partial charge in [0.1, 0.15) is 0 Å². The van der Waals surface area contributed by atoms with Gasteiger partial charge in [-0.2, -0.15) is 0 Å². The van der Waals surface area contributed by atoms with E-state index in [0.717, 1.165) is 51.9 Å². The Morgan fingerprint density at radius 3 is 2.42 bits per heavy atom. The van der Waals surface area contributed by atoms with Gasteiger partial charge in [0.05, 0.1) is 12.0 Å². The molecule has 1 amide bonds. The Hall–Kier alpha value is -0.320. The number of unbranched alkanes of at least 4 members (excludes halogenated alkanes) is 1. The van der Waals surface area contributed by atoms with Gasteiger partial charge in [0.15, 0.2) is 0 Å². The molecular weight excluding hydrogens is 264 g/mol. The van der Waals surface area contributed by atoms with Gasteiger partial charge in [-0.1, -0.05) is 13.3 Å². The van der Waals surface area contributed by atoms with Crippen molar-refractivity contribution in [3.05, 3.63) is 0 Å². The molecule has 0 spiro atoms. The molecule has 1 aliphatic heterocycles. The number of hydrogen-bond donors (Lipinski definition) is 1. The normalized spacial score (nSPS) is 17.6. The Labute approximate surface area is 123 Å². The van der Waals surface area contributed by atoms with Crippen LogP contribution in [-0.4, -0.2) is 50.7 Å². The summed E-state index contributed by atoms with van der Waals surface area (Å²) in [7, 11) is 1.69. The lowest BCUT2D eigenvalue weighted by Crippen LogP contribution is -2.51. The van der Waals surface area contributed by atoms with E-state index in [-0.39, 0.29) is 17.8 Å². The first-order valence-corrected chi connectivity index (χ1v) is 7.19. The molecule has 0 unspecified atom stereocenters. The van der Waals surface area contributed by atoms with Crippen molar-refractivity contribution in [3.8, 4) is 0 Å². The number of halogens is 1. The first-order chi connectivity index (χ1) is 8.70. The molecule has 1 heterocycles. The highest BCUT2D eigenvalue weighted by Crippen LogP contribution is 2.31. The maximum atomic E-state index is 12.8. The summed E-state index contributed by atoms with van der Waals surface area (Å²) in [4.78, 5) is 14.8. The highest BCUT2D eigenvalue weighted by molar-refractivity contribution is 5.85. The molecule has 1 saturated heterocycles. The molecule has 0 aliphatic carbocycles. The molecule has 0 aromatic heterocycles. The number of nitrogens with one attached hydrogen (secondary N) is 1. The summed E-state index contributed by atoms with van der Waals surface area (Å²) in [6.07, 6.45) is 3.99. The van der Waals surface area contributed by atoms with E-state index in [1.807, 2.05) is 4.90 Å². The molecule has 0 bridgehead atoms. The van der Waals surface area contributed by atoms with Crippen molar-refractivity contribution in [1.82, 2.24) is 10.2 Å². The van der Waals surface area contributed by atoms with Gasteiger partial charge in [0, 0.05) is 20.2 Å². The van der Waals surface area contributed by atoms with Gasteiger partial charge in [0.2, 0.25) is 5.91 Å². The van der Waals surface area contributed by atoms with E-state index in [4.69, 9.17) is 4.74 Å². The zero-order valence-corrected chi connectivity index (χ0v) is 13.4. The van der Waals surface area contributed by atoms with Crippen LogP contribution in [-0.2, 0) is 9.53 Å². The largest absolute Gasteiger partial charge is 0.384 e. The van der Waals surface area contributed by atoms with E-state index in [2.05, 4.69) is 19.2 Å². The van der Waals surface area contributed by atoms with Gasteiger partial charge < -0.3 is 15.0 Å². The molecule has 0 aromatic rings. The molecule has 1 rings (SSSR count). The van der Waals surface area contributed by atoms with Crippen molar-refractivity contribution in [3.63, 3.8) is 0 Å². The van der Waals surface area contributed by atoms with E-state index >= 15 is 0 Å². The fourth-order valence-corrected chi connectivity index (χ4v) is 2.69. The molecule has 1 fully saturated rings. The molecule has 4 nitrogen and oxygen atoms in total. The van der Waals surface area contributed by atoms with Crippen molar-refractivity contribution >= 4 is 18.3 Å². The monoisotopic (exact) mass is 292 g/mol.